The molecule has 1 aromatic rings. The van der Waals surface area contributed by atoms with Crippen molar-refractivity contribution < 1.29 is 14.3 Å². The summed E-state index contributed by atoms with van der Waals surface area (Å²) in [5, 5.41) is 0. The lowest BCUT2D eigenvalue weighted by molar-refractivity contribution is -0.107. The van der Waals surface area contributed by atoms with E-state index >= 15 is 0 Å². The monoisotopic (exact) mass is 258 g/mol. The molecule has 0 amide bonds. The fourth-order valence-electron chi connectivity index (χ4n) is 1.85. The van der Waals surface area contributed by atoms with E-state index in [0.29, 0.717) is 13.2 Å². The van der Waals surface area contributed by atoms with Crippen LogP contribution in [-0.2, 0) is 4.79 Å². The molecule has 0 aromatic heterocycles. The van der Waals surface area contributed by atoms with Crippen molar-refractivity contribution in [1.82, 2.24) is 0 Å². The van der Waals surface area contributed by atoms with Crippen molar-refractivity contribution in [3.05, 3.63) is 42.0 Å². The molecule has 0 saturated heterocycles. The van der Waals surface area contributed by atoms with Crippen LogP contribution >= 0.6 is 0 Å². The van der Waals surface area contributed by atoms with Gasteiger partial charge < -0.3 is 14.3 Å². The van der Waals surface area contributed by atoms with Crippen molar-refractivity contribution in [2.24, 2.45) is 0 Å². The van der Waals surface area contributed by atoms with Crippen LogP contribution in [0.5, 0.6) is 11.5 Å². The number of benzene rings is 1. The summed E-state index contributed by atoms with van der Waals surface area (Å²) in [4.78, 5) is 10.1. The van der Waals surface area contributed by atoms with E-state index in [-0.39, 0.29) is 0 Å². The van der Waals surface area contributed by atoms with Crippen LogP contribution in [0.25, 0.3) is 6.08 Å². The maximum absolute atomic E-state index is 10.1. The number of carbonyl (C=O) groups is 1. The van der Waals surface area contributed by atoms with Crippen LogP contribution in [0.1, 0.15) is 31.2 Å². The Morgan fingerprint density at radius 3 is 2.79 bits per heavy atom. The summed E-state index contributed by atoms with van der Waals surface area (Å²) >= 11 is 0. The van der Waals surface area contributed by atoms with Crippen molar-refractivity contribution in [2.75, 3.05) is 6.79 Å². The molecule has 0 radical (unpaired) electrons. The predicted octanol–water partition coefficient (Wildman–Crippen LogP) is 3.74. The summed E-state index contributed by atoms with van der Waals surface area (Å²) in [7, 11) is 0. The largest absolute Gasteiger partial charge is 0.454 e. The smallest absolute Gasteiger partial charge is 0.231 e. The Balaban J connectivity index is 1.76. The summed E-state index contributed by atoms with van der Waals surface area (Å²) in [5.74, 6) is 1.61. The molecule has 0 atom stereocenters. The molecule has 0 saturated carbocycles. The summed E-state index contributed by atoms with van der Waals surface area (Å²) in [6, 6.07) is 5.89. The summed E-state index contributed by atoms with van der Waals surface area (Å²) < 4.78 is 10.6. The second-order valence-electron chi connectivity index (χ2n) is 4.35. The van der Waals surface area contributed by atoms with Gasteiger partial charge in [-0.15, -0.1) is 0 Å². The van der Waals surface area contributed by atoms with Crippen molar-refractivity contribution in [2.45, 2.75) is 25.7 Å². The van der Waals surface area contributed by atoms with Crippen molar-refractivity contribution >= 4 is 12.4 Å². The number of ether oxygens (including phenoxy) is 2. The zero-order valence-corrected chi connectivity index (χ0v) is 10.9. The van der Waals surface area contributed by atoms with Crippen LogP contribution in [-0.4, -0.2) is 13.1 Å². The van der Waals surface area contributed by atoms with Crippen molar-refractivity contribution in [3.63, 3.8) is 0 Å². The van der Waals surface area contributed by atoms with Gasteiger partial charge in [0.2, 0.25) is 6.79 Å². The van der Waals surface area contributed by atoms with E-state index in [1.165, 1.54) is 0 Å². The Labute approximate surface area is 113 Å². The molecule has 1 heterocycles. The topological polar surface area (TPSA) is 35.5 Å². The Bertz CT molecular complexity index is 475. The number of fused-ring (bicyclic) bond motifs is 1. The second kappa shape index (κ2) is 7.41. The Morgan fingerprint density at radius 2 is 1.89 bits per heavy atom. The molecule has 0 aliphatic carbocycles. The lowest BCUT2D eigenvalue weighted by Crippen LogP contribution is -1.92. The van der Waals surface area contributed by atoms with Crippen molar-refractivity contribution in [1.29, 1.82) is 0 Å². The van der Waals surface area contributed by atoms with Crippen LogP contribution in [0.4, 0.5) is 0 Å². The van der Waals surface area contributed by atoms with Crippen LogP contribution in [0.2, 0.25) is 0 Å². The van der Waals surface area contributed by atoms with E-state index < -0.39 is 0 Å². The van der Waals surface area contributed by atoms with E-state index in [4.69, 9.17) is 9.47 Å². The van der Waals surface area contributed by atoms with Crippen LogP contribution in [0.15, 0.2) is 36.4 Å². The van der Waals surface area contributed by atoms with Gasteiger partial charge >= 0.3 is 0 Å². The Hall–Kier alpha value is -2.03. The van der Waals surface area contributed by atoms with Gasteiger partial charge in [-0.05, 0) is 37.0 Å². The van der Waals surface area contributed by atoms with Gasteiger partial charge in [0, 0.05) is 6.42 Å². The average Bonchev–Trinajstić information content (AvgIpc) is 2.89. The highest BCUT2D eigenvalue weighted by Gasteiger charge is 2.11. The molecule has 3 nitrogen and oxygen atoms in total. The number of aldehydes is 1. The van der Waals surface area contributed by atoms with Gasteiger partial charge in [-0.25, -0.2) is 0 Å². The Morgan fingerprint density at radius 1 is 1.05 bits per heavy atom. The zero-order valence-electron chi connectivity index (χ0n) is 10.9. The molecule has 1 aromatic carbocycles. The predicted molar refractivity (Wildman–Crippen MR) is 75.3 cm³/mol. The first kappa shape index (κ1) is 13.4. The highest BCUT2D eigenvalue weighted by Crippen LogP contribution is 2.32. The normalized spacial score (nSPS) is 13.5. The lowest BCUT2D eigenvalue weighted by atomic mass is 10.1. The number of allylic oxidation sites excluding steroid dienone is 3. The van der Waals surface area contributed by atoms with E-state index in [1.807, 2.05) is 36.4 Å². The number of unbranched alkanes of at least 4 members (excludes halogenated alkanes) is 3. The van der Waals surface area contributed by atoms with Gasteiger partial charge in [-0.3, -0.25) is 0 Å². The number of hydrogen-bond acceptors (Lipinski definition) is 3. The number of carbonyl (C=O) groups excluding carboxylic acids is 1. The molecule has 1 aliphatic rings. The van der Waals surface area contributed by atoms with E-state index in [1.54, 1.807) is 0 Å². The molecule has 0 bridgehead atoms. The zero-order chi connectivity index (χ0) is 13.3. The average molecular weight is 258 g/mol. The number of rotatable bonds is 7. The van der Waals surface area contributed by atoms with Gasteiger partial charge in [0.25, 0.3) is 0 Å². The van der Waals surface area contributed by atoms with E-state index in [2.05, 4.69) is 6.08 Å². The molecule has 0 N–H and O–H groups in total. The lowest BCUT2D eigenvalue weighted by Gasteiger charge is -1.96. The second-order valence-corrected chi connectivity index (χ2v) is 4.35. The minimum Gasteiger partial charge on any atom is -0.454 e. The van der Waals surface area contributed by atoms with Gasteiger partial charge in [-0.1, -0.05) is 30.4 Å². The van der Waals surface area contributed by atoms with Gasteiger partial charge in [0.1, 0.15) is 6.29 Å². The Kier molecular flexibility index (Phi) is 5.23. The minimum atomic E-state index is 0.309. The first-order valence-electron chi connectivity index (χ1n) is 6.56. The molecular weight excluding hydrogens is 240 g/mol. The molecule has 19 heavy (non-hydrogen) atoms. The SMILES string of the molecule is O=CCCCC/C=C/C=C/c1ccc2c(c1)OCO2. The molecule has 2 rings (SSSR count). The fourth-order valence-corrected chi connectivity index (χ4v) is 1.85. The van der Waals surface area contributed by atoms with Crippen LogP contribution in [0.3, 0.4) is 0 Å². The van der Waals surface area contributed by atoms with Gasteiger partial charge in [-0.2, -0.15) is 0 Å². The van der Waals surface area contributed by atoms with E-state index in [9.17, 15) is 4.79 Å². The highest BCUT2D eigenvalue weighted by atomic mass is 16.7. The first-order valence-corrected chi connectivity index (χ1v) is 6.56. The fraction of sp³-hybridized carbons (Fsp3) is 0.312. The van der Waals surface area contributed by atoms with Crippen molar-refractivity contribution in [3.8, 4) is 11.5 Å². The van der Waals surface area contributed by atoms with Gasteiger partial charge in [0.05, 0.1) is 0 Å². The minimum absolute atomic E-state index is 0.309. The van der Waals surface area contributed by atoms with E-state index in [0.717, 1.165) is 42.6 Å². The molecular formula is C16H18O3. The third-order valence-corrected chi connectivity index (χ3v) is 2.88. The standard InChI is InChI=1S/C16H18O3/c17-11-7-5-3-1-2-4-6-8-14-9-10-15-16(12-14)19-13-18-15/h2,4,6,8-12H,1,3,5,7,13H2/b4-2+,8-6+. The summed E-state index contributed by atoms with van der Waals surface area (Å²) in [6.07, 6.45) is 12.9. The van der Waals surface area contributed by atoms with Gasteiger partial charge in [0.15, 0.2) is 11.5 Å². The molecule has 100 valence electrons. The quantitative estimate of drug-likeness (QED) is 0.424. The first-order chi connectivity index (χ1) is 9.40. The third kappa shape index (κ3) is 4.28. The molecule has 0 fully saturated rings. The third-order valence-electron chi connectivity index (χ3n) is 2.88. The maximum Gasteiger partial charge on any atom is 0.231 e. The summed E-state index contributed by atoms with van der Waals surface area (Å²) in [5.41, 5.74) is 1.09. The van der Waals surface area contributed by atoms with Crippen LogP contribution < -0.4 is 9.47 Å². The number of hydrogen-bond donors (Lipinski definition) is 0. The molecule has 0 unspecified atom stereocenters. The molecule has 0 spiro atoms. The maximum atomic E-state index is 10.1. The summed E-state index contributed by atoms with van der Waals surface area (Å²) in [6.45, 7) is 0.309. The molecule has 1 aliphatic heterocycles. The highest BCUT2D eigenvalue weighted by molar-refractivity contribution is 5.57. The molecule has 3 heteroatoms. The van der Waals surface area contributed by atoms with Crippen LogP contribution in [0, 0.1) is 0 Å².